The molecule has 0 fully saturated rings. The van der Waals surface area contributed by atoms with E-state index in [-0.39, 0.29) is 0 Å². The molecule has 0 aromatic carbocycles. The molecule has 0 saturated carbocycles. The van der Waals surface area contributed by atoms with Crippen molar-refractivity contribution in [3.63, 3.8) is 0 Å². The molecular weight excluding hydrogens is 160 g/mol. The Hall–Kier alpha value is -1.21. The molecule has 0 amide bonds. The van der Waals surface area contributed by atoms with E-state index < -0.39 is 0 Å². The van der Waals surface area contributed by atoms with Crippen molar-refractivity contribution in [1.82, 2.24) is 0 Å². The van der Waals surface area contributed by atoms with E-state index in [9.17, 15) is 4.79 Å². The standard InChI is InChI=1S/C12H16O/c1-2-3-4-5-6-7-8-9-10-11-12-13/h12H,4-9H2,1H3. The topological polar surface area (TPSA) is 17.1 Å². The third-order valence-corrected chi connectivity index (χ3v) is 1.69. The largest absolute Gasteiger partial charge is 0.289 e. The summed E-state index contributed by atoms with van der Waals surface area (Å²) in [5.74, 6) is 11.1. The zero-order chi connectivity index (χ0) is 9.78. The van der Waals surface area contributed by atoms with E-state index in [2.05, 4.69) is 23.7 Å². The van der Waals surface area contributed by atoms with Crippen molar-refractivity contribution in [2.75, 3.05) is 0 Å². The summed E-state index contributed by atoms with van der Waals surface area (Å²) in [5, 5.41) is 0. The highest BCUT2D eigenvalue weighted by Crippen LogP contribution is 2.03. The molecule has 0 aliphatic carbocycles. The first kappa shape index (κ1) is 11.8. The Kier molecular flexibility index (Phi) is 9.79. The van der Waals surface area contributed by atoms with Crippen molar-refractivity contribution in [2.24, 2.45) is 0 Å². The van der Waals surface area contributed by atoms with Crippen molar-refractivity contribution in [3.05, 3.63) is 0 Å². The Labute approximate surface area is 80.9 Å². The fourth-order valence-corrected chi connectivity index (χ4v) is 1.02. The molecule has 0 N–H and O–H groups in total. The van der Waals surface area contributed by atoms with Crippen molar-refractivity contribution in [3.8, 4) is 23.7 Å². The molecule has 0 bridgehead atoms. The van der Waals surface area contributed by atoms with Gasteiger partial charge in [0, 0.05) is 12.8 Å². The van der Waals surface area contributed by atoms with Gasteiger partial charge in [-0.1, -0.05) is 18.8 Å². The maximum absolute atomic E-state index is 9.82. The van der Waals surface area contributed by atoms with E-state index in [1.807, 2.05) is 6.92 Å². The molecule has 70 valence electrons. The highest BCUT2D eigenvalue weighted by Gasteiger charge is 1.86. The summed E-state index contributed by atoms with van der Waals surface area (Å²) < 4.78 is 0. The average molecular weight is 176 g/mol. The maximum Gasteiger partial charge on any atom is 0.192 e. The van der Waals surface area contributed by atoms with Gasteiger partial charge in [0.2, 0.25) is 0 Å². The van der Waals surface area contributed by atoms with E-state index in [4.69, 9.17) is 0 Å². The average Bonchev–Trinajstić information content (AvgIpc) is 2.16. The Bertz CT molecular complexity index is 231. The van der Waals surface area contributed by atoms with Crippen LogP contribution in [0, 0.1) is 23.7 Å². The molecule has 0 atom stereocenters. The van der Waals surface area contributed by atoms with Crippen LogP contribution in [0.2, 0.25) is 0 Å². The zero-order valence-electron chi connectivity index (χ0n) is 8.23. The van der Waals surface area contributed by atoms with Gasteiger partial charge in [-0.25, -0.2) is 0 Å². The van der Waals surface area contributed by atoms with Gasteiger partial charge in [0.15, 0.2) is 6.29 Å². The first-order valence-electron chi connectivity index (χ1n) is 4.73. The molecule has 0 saturated heterocycles. The van der Waals surface area contributed by atoms with Gasteiger partial charge >= 0.3 is 0 Å². The van der Waals surface area contributed by atoms with E-state index in [1.54, 1.807) is 0 Å². The third kappa shape index (κ3) is 10.8. The molecule has 0 spiro atoms. The lowest BCUT2D eigenvalue weighted by Gasteiger charge is -1.93. The fourth-order valence-electron chi connectivity index (χ4n) is 1.02. The minimum Gasteiger partial charge on any atom is -0.289 e. The molecular formula is C12H16O. The monoisotopic (exact) mass is 176 g/mol. The molecule has 0 rings (SSSR count). The minimum atomic E-state index is 0.650. The van der Waals surface area contributed by atoms with E-state index in [0.717, 1.165) is 19.3 Å². The van der Waals surface area contributed by atoms with Crippen LogP contribution in [0.5, 0.6) is 0 Å². The van der Waals surface area contributed by atoms with Gasteiger partial charge in [-0.05, 0) is 25.7 Å². The summed E-state index contributed by atoms with van der Waals surface area (Å²) >= 11 is 0. The predicted octanol–water partition coefficient (Wildman–Crippen LogP) is 2.55. The highest BCUT2D eigenvalue weighted by atomic mass is 16.1. The maximum atomic E-state index is 9.82. The van der Waals surface area contributed by atoms with Gasteiger partial charge in [-0.3, -0.25) is 4.79 Å². The quantitative estimate of drug-likeness (QED) is 0.357. The Morgan fingerprint density at radius 3 is 2.15 bits per heavy atom. The van der Waals surface area contributed by atoms with Crippen LogP contribution in [0.15, 0.2) is 0 Å². The molecule has 0 aliphatic heterocycles. The van der Waals surface area contributed by atoms with Crippen LogP contribution in [0.4, 0.5) is 0 Å². The summed E-state index contributed by atoms with van der Waals surface area (Å²) in [6, 6.07) is 0. The van der Waals surface area contributed by atoms with Crippen molar-refractivity contribution < 1.29 is 4.79 Å². The second-order valence-electron chi connectivity index (χ2n) is 2.78. The Balaban J connectivity index is 3.06. The van der Waals surface area contributed by atoms with Gasteiger partial charge in [0.1, 0.15) is 0 Å². The number of hydrogen-bond donors (Lipinski definition) is 0. The minimum absolute atomic E-state index is 0.650. The zero-order valence-corrected chi connectivity index (χ0v) is 8.23. The number of hydrogen-bond acceptors (Lipinski definition) is 1. The molecule has 0 aliphatic rings. The molecule has 13 heavy (non-hydrogen) atoms. The van der Waals surface area contributed by atoms with Crippen LogP contribution in [0.1, 0.15) is 45.4 Å². The third-order valence-electron chi connectivity index (χ3n) is 1.69. The number of unbranched alkanes of at least 4 members (excludes halogenated alkanes) is 5. The lowest BCUT2D eigenvalue weighted by molar-refractivity contribution is -0.103. The lowest BCUT2D eigenvalue weighted by Crippen LogP contribution is -1.77. The van der Waals surface area contributed by atoms with Gasteiger partial charge in [-0.15, -0.1) is 11.8 Å². The number of rotatable bonds is 5. The van der Waals surface area contributed by atoms with E-state index in [0.29, 0.717) is 6.29 Å². The van der Waals surface area contributed by atoms with Crippen molar-refractivity contribution >= 4 is 6.29 Å². The van der Waals surface area contributed by atoms with Crippen LogP contribution in [0.25, 0.3) is 0 Å². The van der Waals surface area contributed by atoms with Gasteiger partial charge < -0.3 is 0 Å². The summed E-state index contributed by atoms with van der Waals surface area (Å²) in [4.78, 5) is 9.82. The predicted molar refractivity (Wildman–Crippen MR) is 55.0 cm³/mol. The van der Waals surface area contributed by atoms with Crippen LogP contribution in [-0.2, 0) is 4.79 Å². The highest BCUT2D eigenvalue weighted by molar-refractivity contribution is 5.72. The fraction of sp³-hybridized carbons (Fsp3) is 0.583. The molecule has 1 nitrogen and oxygen atoms in total. The van der Waals surface area contributed by atoms with Crippen LogP contribution < -0.4 is 0 Å². The van der Waals surface area contributed by atoms with E-state index in [1.165, 1.54) is 19.3 Å². The molecule has 0 aromatic heterocycles. The molecule has 0 heterocycles. The summed E-state index contributed by atoms with van der Waals surface area (Å²) in [6.07, 6.45) is 7.20. The summed E-state index contributed by atoms with van der Waals surface area (Å²) in [5.41, 5.74) is 0. The Morgan fingerprint density at radius 2 is 1.62 bits per heavy atom. The molecule has 0 aromatic rings. The smallest absolute Gasteiger partial charge is 0.192 e. The van der Waals surface area contributed by atoms with Gasteiger partial charge in [0.05, 0.1) is 0 Å². The Morgan fingerprint density at radius 1 is 1.00 bits per heavy atom. The second kappa shape index (κ2) is 10.8. The van der Waals surface area contributed by atoms with Crippen molar-refractivity contribution in [1.29, 1.82) is 0 Å². The SMILES string of the molecule is CC#CCCCCCCC#CC=O. The van der Waals surface area contributed by atoms with Crippen LogP contribution >= 0.6 is 0 Å². The number of carbonyl (C=O) groups is 1. The lowest BCUT2D eigenvalue weighted by atomic mass is 10.1. The van der Waals surface area contributed by atoms with Crippen LogP contribution in [-0.4, -0.2) is 6.29 Å². The van der Waals surface area contributed by atoms with Gasteiger partial charge in [0.25, 0.3) is 0 Å². The van der Waals surface area contributed by atoms with Crippen LogP contribution in [0.3, 0.4) is 0 Å². The van der Waals surface area contributed by atoms with Gasteiger partial charge in [-0.2, -0.15) is 0 Å². The molecule has 1 heteroatoms. The first-order valence-corrected chi connectivity index (χ1v) is 4.73. The second-order valence-corrected chi connectivity index (χ2v) is 2.78. The first-order chi connectivity index (χ1) is 6.41. The normalized spacial score (nSPS) is 7.77. The summed E-state index contributed by atoms with van der Waals surface area (Å²) in [7, 11) is 0. The number of carbonyl (C=O) groups excluding carboxylic acids is 1. The van der Waals surface area contributed by atoms with E-state index >= 15 is 0 Å². The summed E-state index contributed by atoms with van der Waals surface area (Å²) in [6.45, 7) is 1.87. The van der Waals surface area contributed by atoms with Crippen molar-refractivity contribution in [2.45, 2.75) is 45.4 Å². The molecule has 0 unspecified atom stereocenters. The molecule has 0 radical (unpaired) electrons. The number of aldehydes is 1.